The minimum Gasteiger partial charge on any atom is -0.504 e. The van der Waals surface area contributed by atoms with Crippen molar-refractivity contribution >= 4 is 12.0 Å². The van der Waals surface area contributed by atoms with Gasteiger partial charge in [0.15, 0.2) is 23.0 Å². The number of phenols is 4. The third-order valence-electron chi connectivity index (χ3n) is 3.18. The summed E-state index contributed by atoms with van der Waals surface area (Å²) in [5.41, 5.74) is 1.37. The summed E-state index contributed by atoms with van der Waals surface area (Å²) in [6, 6.07) is 8.75. The fourth-order valence-corrected chi connectivity index (χ4v) is 1.93. The highest BCUT2D eigenvalue weighted by Gasteiger charge is 2.02. The number of benzene rings is 2. The van der Waals surface area contributed by atoms with Crippen LogP contribution >= 0.6 is 0 Å². The maximum absolute atomic E-state index is 11.7. The average Bonchev–Trinajstić information content (AvgIpc) is 2.52. The maximum atomic E-state index is 11.7. The summed E-state index contributed by atoms with van der Waals surface area (Å²) in [5.74, 6) is -1.15. The SMILES string of the molecule is O=C(C=Cc1ccc(O)c(O)c1)NCCc1ccc(O)c(O)c1. The summed E-state index contributed by atoms with van der Waals surface area (Å²) in [4.78, 5) is 11.7. The van der Waals surface area contributed by atoms with Crippen molar-refractivity contribution < 1.29 is 25.2 Å². The molecule has 6 nitrogen and oxygen atoms in total. The Labute approximate surface area is 133 Å². The lowest BCUT2D eigenvalue weighted by atomic mass is 10.1. The van der Waals surface area contributed by atoms with Crippen LogP contribution in [-0.2, 0) is 11.2 Å². The number of carbonyl (C=O) groups excluding carboxylic acids is 1. The number of phenolic OH excluding ortho intramolecular Hbond substituents is 4. The third-order valence-corrected chi connectivity index (χ3v) is 3.18. The molecule has 0 spiro atoms. The molecule has 0 unspecified atom stereocenters. The van der Waals surface area contributed by atoms with Crippen molar-refractivity contribution in [2.45, 2.75) is 6.42 Å². The molecule has 6 heteroatoms. The van der Waals surface area contributed by atoms with Crippen LogP contribution in [0.25, 0.3) is 6.08 Å². The van der Waals surface area contributed by atoms with E-state index in [9.17, 15) is 25.2 Å². The summed E-state index contributed by atoms with van der Waals surface area (Å²) >= 11 is 0. The molecule has 5 N–H and O–H groups in total. The van der Waals surface area contributed by atoms with Gasteiger partial charge in [-0.1, -0.05) is 12.1 Å². The molecular weight excluding hydrogens is 298 g/mol. The Morgan fingerprint density at radius 2 is 1.57 bits per heavy atom. The molecule has 2 aromatic rings. The zero-order chi connectivity index (χ0) is 16.8. The molecule has 120 valence electrons. The molecule has 2 rings (SSSR count). The van der Waals surface area contributed by atoms with E-state index in [4.69, 9.17) is 0 Å². The molecule has 0 aliphatic heterocycles. The summed E-state index contributed by atoms with van der Waals surface area (Å²) in [6.45, 7) is 0.369. The summed E-state index contributed by atoms with van der Waals surface area (Å²) in [5, 5.41) is 39.8. The first-order chi connectivity index (χ1) is 11.0. The minimum absolute atomic E-state index is 0.183. The van der Waals surface area contributed by atoms with E-state index in [1.807, 2.05) is 0 Å². The van der Waals surface area contributed by atoms with Crippen LogP contribution in [0.15, 0.2) is 42.5 Å². The van der Waals surface area contributed by atoms with Gasteiger partial charge in [-0.3, -0.25) is 4.79 Å². The first-order valence-electron chi connectivity index (χ1n) is 6.94. The van der Waals surface area contributed by atoms with Gasteiger partial charge in [-0.05, 0) is 47.9 Å². The Kier molecular flexibility index (Phi) is 5.09. The van der Waals surface area contributed by atoms with Gasteiger partial charge in [0.2, 0.25) is 5.91 Å². The molecule has 23 heavy (non-hydrogen) atoms. The van der Waals surface area contributed by atoms with Crippen LogP contribution < -0.4 is 5.32 Å². The smallest absolute Gasteiger partial charge is 0.244 e. The molecule has 0 fully saturated rings. The van der Waals surface area contributed by atoms with Crippen LogP contribution in [0.5, 0.6) is 23.0 Å². The van der Waals surface area contributed by atoms with E-state index in [1.54, 1.807) is 12.1 Å². The van der Waals surface area contributed by atoms with E-state index in [0.29, 0.717) is 18.5 Å². The van der Waals surface area contributed by atoms with Gasteiger partial charge < -0.3 is 25.7 Å². The Hall–Kier alpha value is -3.15. The van der Waals surface area contributed by atoms with Crippen molar-refractivity contribution in [3.8, 4) is 23.0 Å². The third kappa shape index (κ3) is 4.67. The van der Waals surface area contributed by atoms with Crippen molar-refractivity contribution in [3.63, 3.8) is 0 Å². The van der Waals surface area contributed by atoms with Gasteiger partial charge in [-0.15, -0.1) is 0 Å². The molecule has 0 bridgehead atoms. The maximum Gasteiger partial charge on any atom is 0.244 e. The molecule has 0 saturated heterocycles. The van der Waals surface area contributed by atoms with Gasteiger partial charge >= 0.3 is 0 Å². The number of hydrogen-bond acceptors (Lipinski definition) is 5. The van der Waals surface area contributed by atoms with Gasteiger partial charge in [0.25, 0.3) is 0 Å². The summed E-state index contributed by atoms with van der Waals surface area (Å²) in [7, 11) is 0. The predicted molar refractivity (Wildman–Crippen MR) is 85.3 cm³/mol. The zero-order valence-corrected chi connectivity index (χ0v) is 12.2. The number of amides is 1. The Morgan fingerprint density at radius 1 is 0.913 bits per heavy atom. The molecule has 0 radical (unpaired) electrons. The topological polar surface area (TPSA) is 110 Å². The Morgan fingerprint density at radius 3 is 2.22 bits per heavy atom. The highest BCUT2D eigenvalue weighted by Crippen LogP contribution is 2.25. The molecule has 0 aliphatic carbocycles. The molecule has 0 atom stereocenters. The molecule has 1 amide bonds. The number of hydrogen-bond donors (Lipinski definition) is 5. The van der Waals surface area contributed by atoms with Crippen LogP contribution in [0.4, 0.5) is 0 Å². The van der Waals surface area contributed by atoms with Crippen molar-refractivity contribution in [2.75, 3.05) is 6.54 Å². The van der Waals surface area contributed by atoms with Crippen LogP contribution in [0.3, 0.4) is 0 Å². The lowest BCUT2D eigenvalue weighted by molar-refractivity contribution is -0.116. The predicted octanol–water partition coefficient (Wildman–Crippen LogP) is 1.88. The van der Waals surface area contributed by atoms with E-state index in [-0.39, 0.29) is 28.9 Å². The monoisotopic (exact) mass is 315 g/mol. The van der Waals surface area contributed by atoms with Crippen LogP contribution in [-0.4, -0.2) is 32.9 Å². The fourth-order valence-electron chi connectivity index (χ4n) is 1.93. The van der Waals surface area contributed by atoms with Crippen LogP contribution in [0, 0.1) is 0 Å². The first kappa shape index (κ1) is 16.2. The molecule has 0 aromatic heterocycles. The van der Waals surface area contributed by atoms with Gasteiger partial charge in [-0.2, -0.15) is 0 Å². The van der Waals surface area contributed by atoms with Gasteiger partial charge in [-0.25, -0.2) is 0 Å². The lowest BCUT2D eigenvalue weighted by Gasteiger charge is -2.04. The molecule has 0 heterocycles. The van der Waals surface area contributed by atoms with Crippen LogP contribution in [0.2, 0.25) is 0 Å². The number of nitrogens with one attached hydrogen (secondary N) is 1. The van der Waals surface area contributed by atoms with Crippen LogP contribution in [0.1, 0.15) is 11.1 Å². The number of rotatable bonds is 5. The molecule has 0 aliphatic rings. The minimum atomic E-state index is -0.305. The molecule has 0 saturated carbocycles. The van der Waals surface area contributed by atoms with E-state index in [2.05, 4.69) is 5.32 Å². The van der Waals surface area contributed by atoms with Gasteiger partial charge in [0.1, 0.15) is 0 Å². The quantitative estimate of drug-likeness (QED) is 0.427. The summed E-state index contributed by atoms with van der Waals surface area (Å²) in [6.07, 6.45) is 3.34. The van der Waals surface area contributed by atoms with E-state index < -0.39 is 0 Å². The van der Waals surface area contributed by atoms with Crippen molar-refractivity contribution in [3.05, 3.63) is 53.6 Å². The Balaban J connectivity index is 1.83. The second kappa shape index (κ2) is 7.22. The highest BCUT2D eigenvalue weighted by atomic mass is 16.3. The highest BCUT2D eigenvalue weighted by molar-refractivity contribution is 5.91. The van der Waals surface area contributed by atoms with Gasteiger partial charge in [0, 0.05) is 12.6 Å². The lowest BCUT2D eigenvalue weighted by Crippen LogP contribution is -2.23. The zero-order valence-electron chi connectivity index (χ0n) is 12.2. The second-order valence-electron chi connectivity index (χ2n) is 4.95. The normalized spacial score (nSPS) is 10.8. The summed E-state index contributed by atoms with van der Waals surface area (Å²) < 4.78 is 0. The van der Waals surface area contributed by atoms with Gasteiger partial charge in [0.05, 0.1) is 0 Å². The number of carbonyl (C=O) groups is 1. The second-order valence-corrected chi connectivity index (χ2v) is 4.95. The standard InChI is InChI=1S/C17H17NO5/c19-13-4-1-11(9-15(13)21)3-6-17(23)18-8-7-12-2-5-14(20)16(22)10-12/h1-6,9-10,19-22H,7-8H2,(H,18,23). The van der Waals surface area contributed by atoms with E-state index >= 15 is 0 Å². The Bertz CT molecular complexity index is 740. The largest absolute Gasteiger partial charge is 0.504 e. The van der Waals surface area contributed by atoms with E-state index in [1.165, 1.54) is 36.4 Å². The first-order valence-corrected chi connectivity index (χ1v) is 6.94. The van der Waals surface area contributed by atoms with Crippen molar-refractivity contribution in [2.24, 2.45) is 0 Å². The average molecular weight is 315 g/mol. The van der Waals surface area contributed by atoms with E-state index in [0.717, 1.165) is 5.56 Å². The molecular formula is C17H17NO5. The van der Waals surface area contributed by atoms with Crippen molar-refractivity contribution in [1.82, 2.24) is 5.32 Å². The molecule has 2 aromatic carbocycles. The fraction of sp³-hybridized carbons (Fsp3) is 0.118. The number of aromatic hydroxyl groups is 4. The van der Waals surface area contributed by atoms with Crippen molar-refractivity contribution in [1.29, 1.82) is 0 Å².